The summed E-state index contributed by atoms with van der Waals surface area (Å²) in [6.45, 7) is 2.19. The van der Waals surface area contributed by atoms with Crippen molar-refractivity contribution in [2.75, 3.05) is 21.3 Å². The quantitative estimate of drug-likeness (QED) is 0.843. The number of methoxy groups -OCH3 is 2. The number of benzene rings is 1. The summed E-state index contributed by atoms with van der Waals surface area (Å²) >= 11 is 1.88. The summed E-state index contributed by atoms with van der Waals surface area (Å²) in [7, 11) is 5.34. The Hall–Kier alpha value is -1.52. The zero-order valence-electron chi connectivity index (χ0n) is 13.1. The average molecular weight is 305 g/mol. The number of rotatable bonds is 7. The third kappa shape index (κ3) is 3.57. The molecular weight excluding hydrogens is 282 g/mol. The van der Waals surface area contributed by atoms with Gasteiger partial charge < -0.3 is 14.8 Å². The second kappa shape index (κ2) is 7.48. The molecule has 1 atom stereocenters. The van der Waals surface area contributed by atoms with Crippen LogP contribution >= 0.6 is 11.3 Å². The Labute approximate surface area is 130 Å². The molecule has 0 radical (unpaired) electrons. The van der Waals surface area contributed by atoms with E-state index in [1.165, 1.54) is 9.75 Å². The lowest BCUT2D eigenvalue weighted by molar-refractivity contribution is 0.347. The van der Waals surface area contributed by atoms with Crippen LogP contribution < -0.4 is 14.8 Å². The Kier molecular flexibility index (Phi) is 5.65. The van der Waals surface area contributed by atoms with Crippen LogP contribution in [0.25, 0.3) is 0 Å². The van der Waals surface area contributed by atoms with Crippen molar-refractivity contribution in [2.24, 2.45) is 0 Å². The van der Waals surface area contributed by atoms with E-state index in [9.17, 15) is 0 Å². The van der Waals surface area contributed by atoms with Crippen molar-refractivity contribution in [3.8, 4) is 11.5 Å². The van der Waals surface area contributed by atoms with Gasteiger partial charge in [0.2, 0.25) is 0 Å². The maximum absolute atomic E-state index is 5.55. The first kappa shape index (κ1) is 15.9. The number of hydrogen-bond acceptors (Lipinski definition) is 4. The predicted molar refractivity (Wildman–Crippen MR) is 88.7 cm³/mol. The highest BCUT2D eigenvalue weighted by atomic mass is 32.1. The van der Waals surface area contributed by atoms with E-state index in [1.54, 1.807) is 14.2 Å². The molecular formula is C17H23NO2S. The van der Waals surface area contributed by atoms with Crippen LogP contribution in [-0.2, 0) is 12.8 Å². The van der Waals surface area contributed by atoms with Crippen LogP contribution in [-0.4, -0.2) is 21.3 Å². The normalized spacial score (nSPS) is 12.2. The van der Waals surface area contributed by atoms with Crippen LogP contribution in [0.2, 0.25) is 0 Å². The van der Waals surface area contributed by atoms with Gasteiger partial charge in [0.25, 0.3) is 0 Å². The van der Waals surface area contributed by atoms with Crippen molar-refractivity contribution in [3.63, 3.8) is 0 Å². The molecule has 0 aliphatic heterocycles. The molecule has 0 aliphatic carbocycles. The van der Waals surface area contributed by atoms with Gasteiger partial charge in [0.1, 0.15) is 0 Å². The number of nitrogens with one attached hydrogen (secondary N) is 1. The molecule has 0 amide bonds. The van der Waals surface area contributed by atoms with Gasteiger partial charge in [0.05, 0.1) is 14.2 Å². The van der Waals surface area contributed by atoms with E-state index in [0.717, 1.165) is 29.9 Å². The molecule has 4 heteroatoms. The molecule has 2 rings (SSSR count). The Balaban J connectivity index is 2.28. The van der Waals surface area contributed by atoms with E-state index >= 15 is 0 Å². The van der Waals surface area contributed by atoms with Crippen molar-refractivity contribution in [3.05, 3.63) is 45.6 Å². The molecule has 21 heavy (non-hydrogen) atoms. The summed E-state index contributed by atoms with van der Waals surface area (Å²) in [5.74, 6) is 1.59. The van der Waals surface area contributed by atoms with E-state index in [-0.39, 0.29) is 6.04 Å². The van der Waals surface area contributed by atoms with E-state index in [2.05, 4.69) is 30.4 Å². The largest absolute Gasteiger partial charge is 0.493 e. The highest BCUT2D eigenvalue weighted by molar-refractivity contribution is 7.11. The lowest BCUT2D eigenvalue weighted by atomic mass is 10.0. The molecule has 1 unspecified atom stereocenters. The van der Waals surface area contributed by atoms with Crippen LogP contribution in [0.3, 0.4) is 0 Å². The van der Waals surface area contributed by atoms with E-state index in [0.29, 0.717) is 0 Å². The molecule has 0 aliphatic rings. The first-order chi connectivity index (χ1) is 10.2. The maximum Gasteiger partial charge on any atom is 0.165 e. The number of hydrogen-bond donors (Lipinski definition) is 1. The Bertz CT molecular complexity index is 580. The molecule has 2 aromatic rings. The van der Waals surface area contributed by atoms with Crippen molar-refractivity contribution in [1.82, 2.24) is 5.32 Å². The van der Waals surface area contributed by atoms with Crippen LogP contribution in [0.5, 0.6) is 11.5 Å². The first-order valence-electron chi connectivity index (χ1n) is 7.19. The highest BCUT2D eigenvalue weighted by Gasteiger charge is 2.18. The van der Waals surface area contributed by atoms with Crippen molar-refractivity contribution < 1.29 is 9.47 Å². The molecule has 1 heterocycles. The predicted octanol–water partition coefficient (Wildman–Crippen LogP) is 3.83. The van der Waals surface area contributed by atoms with E-state index in [1.807, 2.05) is 30.5 Å². The lowest BCUT2D eigenvalue weighted by Gasteiger charge is -2.20. The van der Waals surface area contributed by atoms with Gasteiger partial charge in [-0.2, -0.15) is 0 Å². The maximum atomic E-state index is 5.55. The van der Waals surface area contributed by atoms with Gasteiger partial charge in [-0.3, -0.25) is 0 Å². The highest BCUT2D eigenvalue weighted by Crippen LogP contribution is 2.36. The third-order valence-electron chi connectivity index (χ3n) is 3.63. The van der Waals surface area contributed by atoms with Gasteiger partial charge in [-0.15, -0.1) is 11.3 Å². The smallest absolute Gasteiger partial charge is 0.165 e. The Morgan fingerprint density at radius 3 is 2.43 bits per heavy atom. The van der Waals surface area contributed by atoms with Gasteiger partial charge >= 0.3 is 0 Å². The van der Waals surface area contributed by atoms with Crippen molar-refractivity contribution in [1.29, 1.82) is 0 Å². The zero-order chi connectivity index (χ0) is 15.2. The summed E-state index contributed by atoms with van der Waals surface area (Å²) in [5.41, 5.74) is 1.13. The summed E-state index contributed by atoms with van der Waals surface area (Å²) < 4.78 is 10.9. The fourth-order valence-electron chi connectivity index (χ4n) is 2.48. The molecule has 0 fully saturated rings. The van der Waals surface area contributed by atoms with Crippen molar-refractivity contribution in [2.45, 2.75) is 25.8 Å². The van der Waals surface area contributed by atoms with Crippen LogP contribution in [0.4, 0.5) is 0 Å². The van der Waals surface area contributed by atoms with Gasteiger partial charge in [0, 0.05) is 27.8 Å². The number of para-hydroxylation sites is 1. The van der Waals surface area contributed by atoms with Gasteiger partial charge in [-0.05, 0) is 31.7 Å². The molecule has 0 saturated heterocycles. The lowest BCUT2D eigenvalue weighted by Crippen LogP contribution is -2.19. The van der Waals surface area contributed by atoms with Crippen molar-refractivity contribution >= 4 is 11.3 Å². The topological polar surface area (TPSA) is 30.5 Å². The Morgan fingerprint density at radius 2 is 1.86 bits per heavy atom. The van der Waals surface area contributed by atoms with Crippen LogP contribution in [0.1, 0.15) is 28.3 Å². The SMILES string of the molecule is CCc1ccc(CC(NC)c2cccc(OC)c2OC)s1. The van der Waals surface area contributed by atoms with E-state index < -0.39 is 0 Å². The van der Waals surface area contributed by atoms with Gasteiger partial charge in [-0.1, -0.05) is 19.1 Å². The number of ether oxygens (including phenoxy) is 2. The molecule has 1 aromatic carbocycles. The summed E-state index contributed by atoms with van der Waals surface area (Å²) in [6.07, 6.45) is 2.04. The second-order valence-electron chi connectivity index (χ2n) is 4.85. The minimum Gasteiger partial charge on any atom is -0.493 e. The van der Waals surface area contributed by atoms with Gasteiger partial charge in [0.15, 0.2) is 11.5 Å². The minimum atomic E-state index is 0.207. The molecule has 1 N–H and O–H groups in total. The van der Waals surface area contributed by atoms with E-state index in [4.69, 9.17) is 9.47 Å². The van der Waals surface area contributed by atoms with Crippen LogP contribution in [0, 0.1) is 0 Å². The Morgan fingerprint density at radius 1 is 1.10 bits per heavy atom. The summed E-state index contributed by atoms with van der Waals surface area (Å²) in [6, 6.07) is 10.7. The number of likely N-dealkylation sites (N-methyl/N-ethyl adjacent to an activating group) is 1. The average Bonchev–Trinajstić information content (AvgIpc) is 2.99. The molecule has 0 bridgehead atoms. The molecule has 114 valence electrons. The summed E-state index contributed by atoms with van der Waals surface area (Å²) in [5, 5.41) is 3.39. The fraction of sp³-hybridized carbons (Fsp3) is 0.412. The molecule has 3 nitrogen and oxygen atoms in total. The molecule has 0 saturated carbocycles. The fourth-order valence-corrected chi connectivity index (χ4v) is 3.48. The monoisotopic (exact) mass is 305 g/mol. The molecule has 1 aromatic heterocycles. The minimum absolute atomic E-state index is 0.207. The van der Waals surface area contributed by atoms with Gasteiger partial charge in [-0.25, -0.2) is 0 Å². The number of thiophene rings is 1. The summed E-state index contributed by atoms with van der Waals surface area (Å²) in [4.78, 5) is 2.81. The molecule has 0 spiro atoms. The third-order valence-corrected chi connectivity index (χ3v) is 4.88. The first-order valence-corrected chi connectivity index (χ1v) is 8.00. The zero-order valence-corrected chi connectivity index (χ0v) is 13.9. The number of aryl methyl sites for hydroxylation is 1. The van der Waals surface area contributed by atoms with Crippen LogP contribution in [0.15, 0.2) is 30.3 Å². The second-order valence-corrected chi connectivity index (χ2v) is 6.10. The standard InChI is InChI=1S/C17H23NO2S/c1-5-12-9-10-13(21-12)11-15(18-2)14-7-6-8-16(19-3)17(14)20-4/h6-10,15,18H,5,11H2,1-4H3.